The van der Waals surface area contributed by atoms with Gasteiger partial charge >= 0.3 is 0 Å². The molecule has 0 spiro atoms. The number of nitrogens with zero attached hydrogens (tertiary/aromatic N) is 2. The minimum Gasteiger partial charge on any atom is -0.507 e. The van der Waals surface area contributed by atoms with Crippen molar-refractivity contribution >= 4 is 21.5 Å². The van der Waals surface area contributed by atoms with Crippen molar-refractivity contribution in [1.29, 1.82) is 10.5 Å². The fraction of sp³-hybridized carbons (Fsp3) is 0.353. The van der Waals surface area contributed by atoms with Crippen LogP contribution in [-0.2, 0) is 0 Å². The first-order chi connectivity index (χ1) is 19.9. The van der Waals surface area contributed by atoms with Crippen molar-refractivity contribution in [3.63, 3.8) is 0 Å². The Morgan fingerprint density at radius 3 is 1.14 bits per heavy atom. The molecular formula is C34H36N2O6. The zero-order valence-electron chi connectivity index (χ0n) is 25.7. The largest absolute Gasteiger partial charge is 0.507 e. The summed E-state index contributed by atoms with van der Waals surface area (Å²) in [5.74, 6) is 0.925. The molecule has 8 nitrogen and oxygen atoms in total. The highest BCUT2D eigenvalue weighted by atomic mass is 16.5. The van der Waals surface area contributed by atoms with Crippen LogP contribution >= 0.6 is 0 Å². The van der Waals surface area contributed by atoms with Gasteiger partial charge in [0.2, 0.25) is 0 Å². The molecule has 0 radical (unpaired) electrons. The molecule has 0 aliphatic rings. The Morgan fingerprint density at radius 2 is 0.905 bits per heavy atom. The minimum absolute atomic E-state index is 0.0281. The molecule has 4 rings (SSSR count). The van der Waals surface area contributed by atoms with Crippen LogP contribution in [0.3, 0.4) is 0 Å². The van der Waals surface area contributed by atoms with E-state index in [0.29, 0.717) is 55.3 Å². The summed E-state index contributed by atoms with van der Waals surface area (Å²) in [6, 6.07) is 8.17. The third-order valence-corrected chi connectivity index (χ3v) is 7.88. The van der Waals surface area contributed by atoms with Crippen LogP contribution in [0, 0.1) is 36.5 Å². The number of ether oxygens (including phenoxy) is 4. The monoisotopic (exact) mass is 568 g/mol. The van der Waals surface area contributed by atoms with Crippen molar-refractivity contribution in [1.82, 2.24) is 0 Å². The van der Waals surface area contributed by atoms with Gasteiger partial charge in [0.1, 0.15) is 34.8 Å². The number of aromatic hydroxyl groups is 2. The molecule has 8 heteroatoms. The van der Waals surface area contributed by atoms with Gasteiger partial charge in [0.15, 0.2) is 23.0 Å². The first-order valence-electron chi connectivity index (χ1n) is 13.6. The maximum Gasteiger partial charge on any atom is 0.179 e. The van der Waals surface area contributed by atoms with E-state index in [1.807, 2.05) is 53.7 Å². The number of phenolic OH excluding ortho intramolecular Hbond substituents is 2. The molecule has 0 saturated heterocycles. The molecule has 2 N–H and O–H groups in total. The summed E-state index contributed by atoms with van der Waals surface area (Å²) in [6.45, 7) is 11.7. The number of fused-ring (bicyclic) bond motifs is 2. The van der Waals surface area contributed by atoms with E-state index in [-0.39, 0.29) is 46.0 Å². The van der Waals surface area contributed by atoms with Gasteiger partial charge in [-0.3, -0.25) is 0 Å². The van der Waals surface area contributed by atoms with Crippen molar-refractivity contribution in [2.75, 3.05) is 28.4 Å². The molecule has 42 heavy (non-hydrogen) atoms. The van der Waals surface area contributed by atoms with Crippen LogP contribution < -0.4 is 18.9 Å². The van der Waals surface area contributed by atoms with E-state index >= 15 is 0 Å². The lowest BCUT2D eigenvalue weighted by Crippen LogP contribution is -2.04. The van der Waals surface area contributed by atoms with E-state index < -0.39 is 0 Å². The molecule has 0 atom stereocenters. The summed E-state index contributed by atoms with van der Waals surface area (Å²) in [7, 11) is 5.96. The smallest absolute Gasteiger partial charge is 0.179 e. The first-order valence-corrected chi connectivity index (χ1v) is 13.6. The Morgan fingerprint density at radius 1 is 0.595 bits per heavy atom. The van der Waals surface area contributed by atoms with Gasteiger partial charge in [0.25, 0.3) is 0 Å². The van der Waals surface area contributed by atoms with E-state index in [1.165, 1.54) is 28.4 Å². The third kappa shape index (κ3) is 4.18. The number of nitriles is 2. The van der Waals surface area contributed by atoms with Crippen LogP contribution in [0.1, 0.15) is 72.9 Å². The Kier molecular flexibility index (Phi) is 8.05. The van der Waals surface area contributed by atoms with Gasteiger partial charge in [0.05, 0.1) is 28.4 Å². The van der Waals surface area contributed by atoms with Gasteiger partial charge in [-0.25, -0.2) is 0 Å². The number of phenols is 2. The third-order valence-electron chi connectivity index (χ3n) is 7.88. The lowest BCUT2D eigenvalue weighted by atomic mass is 9.83. The van der Waals surface area contributed by atoms with Gasteiger partial charge in [-0.05, 0) is 47.6 Å². The maximum absolute atomic E-state index is 12.0. The van der Waals surface area contributed by atoms with Crippen molar-refractivity contribution in [3.8, 4) is 57.8 Å². The van der Waals surface area contributed by atoms with Gasteiger partial charge in [-0.15, -0.1) is 0 Å². The lowest BCUT2D eigenvalue weighted by molar-refractivity contribution is 0.350. The maximum atomic E-state index is 12.0. The van der Waals surface area contributed by atoms with Gasteiger partial charge in [0, 0.05) is 33.0 Å². The standard InChI is InChI=1S/C34H36N2O6/c1-15(2)23-19-11-17(5)25(29(37)27(19)21(13-35)31(39-7)33(23)41-9)26-18(6)12-20-24(16(3)4)34(42-10)32(40-8)22(14-36)28(20)30(26)38/h11-12,15-16,37-38H,1-10H3. The van der Waals surface area contributed by atoms with Crippen molar-refractivity contribution in [3.05, 3.63) is 45.5 Å². The molecule has 0 aromatic heterocycles. The zero-order chi connectivity index (χ0) is 31.2. The van der Waals surface area contributed by atoms with Crippen LogP contribution in [0.15, 0.2) is 12.1 Å². The summed E-state index contributed by atoms with van der Waals surface area (Å²) >= 11 is 0. The Hall–Kier alpha value is -4.82. The normalized spacial score (nSPS) is 11.2. The fourth-order valence-electron chi connectivity index (χ4n) is 6.26. The number of rotatable bonds is 7. The average Bonchev–Trinajstić information content (AvgIpc) is 2.95. The molecular weight excluding hydrogens is 532 g/mol. The van der Waals surface area contributed by atoms with Crippen LogP contribution in [0.2, 0.25) is 0 Å². The van der Waals surface area contributed by atoms with Crippen molar-refractivity contribution in [2.24, 2.45) is 0 Å². The van der Waals surface area contributed by atoms with E-state index in [4.69, 9.17) is 18.9 Å². The van der Waals surface area contributed by atoms with Crippen LogP contribution in [0.4, 0.5) is 0 Å². The molecule has 0 saturated carbocycles. The SMILES string of the molecule is COc1c(OC)c(C#N)c2c(O)c(-c3c(C)cc4c(C(C)C)c(OC)c(OC)c(C#N)c4c3O)c(C)cc2c1C(C)C. The second-order valence-corrected chi connectivity index (χ2v) is 10.9. The van der Waals surface area contributed by atoms with E-state index in [1.54, 1.807) is 0 Å². The molecule has 0 heterocycles. The second kappa shape index (κ2) is 11.2. The fourth-order valence-corrected chi connectivity index (χ4v) is 6.26. The Balaban J connectivity index is 2.30. The average molecular weight is 569 g/mol. The Bertz CT molecular complexity index is 1710. The molecule has 0 unspecified atom stereocenters. The molecule has 4 aromatic carbocycles. The van der Waals surface area contributed by atoms with Gasteiger partial charge < -0.3 is 29.2 Å². The van der Waals surface area contributed by atoms with Crippen molar-refractivity contribution in [2.45, 2.75) is 53.4 Å². The number of benzene rings is 4. The highest BCUT2D eigenvalue weighted by molar-refractivity contribution is 6.09. The molecule has 0 fully saturated rings. The second-order valence-electron chi connectivity index (χ2n) is 10.9. The van der Waals surface area contributed by atoms with Gasteiger partial charge in [-0.2, -0.15) is 10.5 Å². The van der Waals surface area contributed by atoms with Crippen LogP contribution in [-0.4, -0.2) is 38.7 Å². The van der Waals surface area contributed by atoms with Gasteiger partial charge in [-0.1, -0.05) is 39.8 Å². The summed E-state index contributed by atoms with van der Waals surface area (Å²) in [5, 5.41) is 46.4. The Labute approximate surface area is 246 Å². The quantitative estimate of drug-likeness (QED) is 0.232. The molecule has 4 aromatic rings. The number of aryl methyl sites for hydroxylation is 2. The lowest BCUT2D eigenvalue weighted by Gasteiger charge is -2.24. The molecule has 0 aliphatic heterocycles. The number of hydrogen-bond donors (Lipinski definition) is 2. The zero-order valence-corrected chi connectivity index (χ0v) is 25.7. The summed E-state index contributed by atoms with van der Waals surface area (Å²) in [5.41, 5.74) is 3.85. The van der Waals surface area contributed by atoms with E-state index in [2.05, 4.69) is 12.1 Å². The topological polar surface area (TPSA) is 125 Å². The van der Waals surface area contributed by atoms with E-state index in [9.17, 15) is 20.7 Å². The predicted molar refractivity (Wildman–Crippen MR) is 164 cm³/mol. The first kappa shape index (κ1) is 30.1. The van der Waals surface area contributed by atoms with E-state index in [0.717, 1.165) is 11.1 Å². The summed E-state index contributed by atoms with van der Waals surface area (Å²) in [6.07, 6.45) is 0. The molecule has 218 valence electrons. The summed E-state index contributed by atoms with van der Waals surface area (Å²) < 4.78 is 22.7. The number of methoxy groups -OCH3 is 4. The molecule has 0 aliphatic carbocycles. The highest BCUT2D eigenvalue weighted by Crippen LogP contribution is 2.55. The highest BCUT2D eigenvalue weighted by Gasteiger charge is 2.31. The molecule has 0 amide bonds. The summed E-state index contributed by atoms with van der Waals surface area (Å²) in [4.78, 5) is 0. The number of hydrogen-bond acceptors (Lipinski definition) is 8. The van der Waals surface area contributed by atoms with Crippen molar-refractivity contribution < 1.29 is 29.2 Å². The minimum atomic E-state index is -0.176. The van der Waals surface area contributed by atoms with Crippen LogP contribution in [0.5, 0.6) is 34.5 Å². The predicted octanol–water partition coefficient (Wildman–Crippen LogP) is 7.71. The molecule has 0 bridgehead atoms. The van der Waals surface area contributed by atoms with Crippen LogP contribution in [0.25, 0.3) is 32.7 Å².